The predicted molar refractivity (Wildman–Crippen MR) is 104 cm³/mol. The zero-order chi connectivity index (χ0) is 19.3. The maximum atomic E-state index is 12.8. The Morgan fingerprint density at radius 1 is 1.12 bits per heavy atom. The lowest BCUT2D eigenvalue weighted by molar-refractivity contribution is 0.0798. The number of carbonyl (C=O) groups excluding carboxylic acids is 1. The van der Waals surface area contributed by atoms with Crippen molar-refractivity contribution < 1.29 is 13.2 Å². The summed E-state index contributed by atoms with van der Waals surface area (Å²) in [7, 11) is -0.298. The van der Waals surface area contributed by atoms with Gasteiger partial charge >= 0.3 is 0 Å². The van der Waals surface area contributed by atoms with E-state index in [1.54, 1.807) is 55.3 Å². The van der Waals surface area contributed by atoms with Gasteiger partial charge in [-0.1, -0.05) is 24.3 Å². The van der Waals surface area contributed by atoms with Crippen LogP contribution in [0, 0.1) is 13.8 Å². The van der Waals surface area contributed by atoms with Crippen LogP contribution in [0.2, 0.25) is 0 Å². The topological polar surface area (TPSA) is 78.5 Å². The molecule has 0 atom stereocenters. The summed E-state index contributed by atoms with van der Waals surface area (Å²) in [6, 6.07) is 11.9. The van der Waals surface area contributed by atoms with Crippen molar-refractivity contribution >= 4 is 21.6 Å². The van der Waals surface area contributed by atoms with E-state index >= 15 is 0 Å². The van der Waals surface area contributed by atoms with Gasteiger partial charge in [-0.05, 0) is 50.2 Å². The first-order valence-electron chi connectivity index (χ1n) is 8.35. The van der Waals surface area contributed by atoms with E-state index in [0.29, 0.717) is 24.2 Å². The second-order valence-corrected chi connectivity index (χ2v) is 7.90. The van der Waals surface area contributed by atoms with Gasteiger partial charge in [-0.2, -0.15) is 0 Å². The third-order valence-corrected chi connectivity index (χ3v) is 5.59. The molecule has 26 heavy (non-hydrogen) atoms. The third kappa shape index (κ3) is 4.62. The highest BCUT2D eigenvalue weighted by molar-refractivity contribution is 7.92. The lowest BCUT2D eigenvalue weighted by Crippen LogP contribution is -2.33. The van der Waals surface area contributed by atoms with Crippen LogP contribution in [-0.2, 0) is 10.0 Å². The first-order chi connectivity index (χ1) is 12.3. The van der Waals surface area contributed by atoms with Crippen molar-refractivity contribution in [3.05, 3.63) is 59.2 Å². The van der Waals surface area contributed by atoms with E-state index in [2.05, 4.69) is 10.0 Å². The zero-order valence-electron chi connectivity index (χ0n) is 15.5. The molecular weight excluding hydrogens is 350 g/mol. The van der Waals surface area contributed by atoms with Gasteiger partial charge in [-0.15, -0.1) is 0 Å². The minimum Gasteiger partial charge on any atom is -0.340 e. The highest BCUT2D eigenvalue weighted by Crippen LogP contribution is 2.23. The van der Waals surface area contributed by atoms with Crippen LogP contribution >= 0.6 is 0 Å². The average molecular weight is 375 g/mol. The smallest absolute Gasteiger partial charge is 0.262 e. The van der Waals surface area contributed by atoms with Crippen LogP contribution in [0.25, 0.3) is 0 Å². The van der Waals surface area contributed by atoms with E-state index in [0.717, 1.165) is 5.56 Å². The number of rotatable bonds is 7. The van der Waals surface area contributed by atoms with E-state index in [9.17, 15) is 13.2 Å². The van der Waals surface area contributed by atoms with Crippen LogP contribution < -0.4 is 10.0 Å². The van der Waals surface area contributed by atoms with E-state index in [1.165, 1.54) is 0 Å². The first-order valence-corrected chi connectivity index (χ1v) is 9.83. The lowest BCUT2D eigenvalue weighted by Gasteiger charge is -2.19. The number of nitrogens with one attached hydrogen (secondary N) is 2. The number of para-hydroxylation sites is 1. The molecule has 140 valence electrons. The van der Waals surface area contributed by atoms with Crippen LogP contribution in [-0.4, -0.2) is 46.4 Å². The predicted octanol–water partition coefficient (Wildman–Crippen LogP) is 2.40. The fourth-order valence-electron chi connectivity index (χ4n) is 2.54. The maximum Gasteiger partial charge on any atom is 0.262 e. The molecule has 1 amide bonds. The van der Waals surface area contributed by atoms with E-state index in [1.807, 2.05) is 20.0 Å². The van der Waals surface area contributed by atoms with Crippen LogP contribution in [0.3, 0.4) is 0 Å². The van der Waals surface area contributed by atoms with Crippen LogP contribution in [0.15, 0.2) is 47.4 Å². The molecule has 0 spiro atoms. The Labute approximate surface area is 155 Å². The van der Waals surface area contributed by atoms with Crippen LogP contribution in [0.4, 0.5) is 5.69 Å². The molecule has 2 aromatic rings. The minimum absolute atomic E-state index is 0.211. The Kier molecular flexibility index (Phi) is 6.39. The summed E-state index contributed by atoms with van der Waals surface area (Å²) < 4.78 is 28.3. The van der Waals surface area contributed by atoms with Crippen LogP contribution in [0.5, 0.6) is 0 Å². The molecule has 0 radical (unpaired) electrons. The maximum absolute atomic E-state index is 12.8. The molecular formula is C19H25N3O3S. The second-order valence-electron chi connectivity index (χ2n) is 6.25. The quantitative estimate of drug-likeness (QED) is 0.779. The van der Waals surface area contributed by atoms with Crippen molar-refractivity contribution in [1.29, 1.82) is 0 Å². The molecule has 0 aliphatic rings. The number of anilines is 1. The van der Waals surface area contributed by atoms with Crippen molar-refractivity contribution in [2.75, 3.05) is 31.9 Å². The summed E-state index contributed by atoms with van der Waals surface area (Å²) in [5, 5.41) is 2.99. The standard InChI is InChI=1S/C19H25N3O3S/c1-14-9-10-15(2)18(13-14)26(24,25)21-17-8-6-5-7-16(17)19(23)22(4)12-11-20-3/h5-10,13,20-21H,11-12H2,1-4H3. The zero-order valence-corrected chi connectivity index (χ0v) is 16.4. The van der Waals surface area contributed by atoms with Crippen molar-refractivity contribution in [1.82, 2.24) is 10.2 Å². The normalized spacial score (nSPS) is 11.2. The summed E-state index contributed by atoms with van der Waals surface area (Å²) in [5.41, 5.74) is 2.10. The van der Waals surface area contributed by atoms with Gasteiger partial charge in [0, 0.05) is 20.1 Å². The van der Waals surface area contributed by atoms with Gasteiger partial charge in [0.2, 0.25) is 0 Å². The second kappa shape index (κ2) is 8.33. The molecule has 0 heterocycles. The molecule has 2 N–H and O–H groups in total. The lowest BCUT2D eigenvalue weighted by atomic mass is 10.1. The van der Waals surface area contributed by atoms with Gasteiger partial charge < -0.3 is 10.2 Å². The fourth-order valence-corrected chi connectivity index (χ4v) is 3.95. The average Bonchev–Trinajstić information content (AvgIpc) is 2.61. The summed E-state index contributed by atoms with van der Waals surface area (Å²) in [6.45, 7) is 4.76. The molecule has 0 saturated heterocycles. The van der Waals surface area contributed by atoms with E-state index < -0.39 is 10.0 Å². The van der Waals surface area contributed by atoms with Crippen molar-refractivity contribution in [2.24, 2.45) is 0 Å². The Balaban J connectivity index is 2.35. The largest absolute Gasteiger partial charge is 0.340 e. The summed E-state index contributed by atoms with van der Waals surface area (Å²) in [6.07, 6.45) is 0. The van der Waals surface area contributed by atoms with Gasteiger partial charge in [0.15, 0.2) is 0 Å². The monoisotopic (exact) mass is 375 g/mol. The molecule has 0 unspecified atom stereocenters. The molecule has 0 aromatic heterocycles. The molecule has 0 aliphatic carbocycles. The van der Waals surface area contributed by atoms with Gasteiger partial charge in [0.1, 0.15) is 0 Å². The number of nitrogens with zero attached hydrogens (tertiary/aromatic N) is 1. The van der Waals surface area contributed by atoms with Gasteiger partial charge in [-0.25, -0.2) is 8.42 Å². The Bertz CT molecular complexity index is 895. The molecule has 0 saturated carbocycles. The van der Waals surface area contributed by atoms with E-state index in [4.69, 9.17) is 0 Å². The minimum atomic E-state index is -3.80. The van der Waals surface area contributed by atoms with Crippen molar-refractivity contribution in [2.45, 2.75) is 18.7 Å². The number of likely N-dealkylation sites (N-methyl/N-ethyl adjacent to an activating group) is 2. The van der Waals surface area contributed by atoms with Crippen molar-refractivity contribution in [3.63, 3.8) is 0 Å². The van der Waals surface area contributed by atoms with Gasteiger partial charge in [-0.3, -0.25) is 9.52 Å². The highest BCUT2D eigenvalue weighted by atomic mass is 32.2. The number of benzene rings is 2. The number of hydrogen-bond donors (Lipinski definition) is 2. The summed E-state index contributed by atoms with van der Waals surface area (Å²) >= 11 is 0. The fraction of sp³-hybridized carbons (Fsp3) is 0.316. The third-order valence-electron chi connectivity index (χ3n) is 4.08. The van der Waals surface area contributed by atoms with Gasteiger partial charge in [0.25, 0.3) is 15.9 Å². The molecule has 2 aromatic carbocycles. The Morgan fingerprint density at radius 3 is 2.50 bits per heavy atom. The SMILES string of the molecule is CNCCN(C)C(=O)c1ccccc1NS(=O)(=O)c1cc(C)ccc1C. The summed E-state index contributed by atoms with van der Waals surface area (Å²) in [5.74, 6) is -0.237. The molecule has 0 bridgehead atoms. The molecule has 7 heteroatoms. The number of sulfonamides is 1. The number of aryl methyl sites for hydroxylation is 2. The Morgan fingerprint density at radius 2 is 1.81 bits per heavy atom. The molecule has 0 aliphatic heterocycles. The van der Waals surface area contributed by atoms with Crippen LogP contribution in [0.1, 0.15) is 21.5 Å². The number of amides is 1. The highest BCUT2D eigenvalue weighted by Gasteiger charge is 2.21. The Hall–Kier alpha value is -2.38. The molecule has 0 fully saturated rings. The van der Waals surface area contributed by atoms with E-state index in [-0.39, 0.29) is 16.5 Å². The molecule has 6 nitrogen and oxygen atoms in total. The number of carbonyl (C=O) groups is 1. The number of hydrogen-bond acceptors (Lipinski definition) is 4. The van der Waals surface area contributed by atoms with Gasteiger partial charge in [0.05, 0.1) is 16.1 Å². The molecule has 2 rings (SSSR count). The van der Waals surface area contributed by atoms with Crippen molar-refractivity contribution in [3.8, 4) is 0 Å². The first kappa shape index (κ1) is 19.9. The summed E-state index contributed by atoms with van der Waals surface area (Å²) in [4.78, 5) is 14.4.